The normalized spacial score (nSPS) is 13.8. The Morgan fingerprint density at radius 3 is 1.93 bits per heavy atom. The fourth-order valence-electron chi connectivity index (χ4n) is 3.17. The summed E-state index contributed by atoms with van der Waals surface area (Å²) < 4.78 is 34.0. The minimum Gasteiger partial charge on any atom is -0.506 e. The van der Waals surface area contributed by atoms with Gasteiger partial charge in [-0.05, 0) is 48.0 Å². The first-order valence-electron chi connectivity index (χ1n) is 7.89. The van der Waals surface area contributed by atoms with E-state index in [0.29, 0.717) is 5.02 Å². The van der Waals surface area contributed by atoms with Crippen molar-refractivity contribution in [1.82, 2.24) is 0 Å². The van der Waals surface area contributed by atoms with Crippen molar-refractivity contribution < 1.29 is 23.2 Å². The van der Waals surface area contributed by atoms with E-state index >= 15 is 0 Å². The SMILES string of the molecule is O=S(=O)(O)C(c1ccc(Cl)cc1)(c1cc(Cl)ccc1Cl)c1ccc(O)c(Cl)c1O. The molecule has 3 aromatic carbocycles. The summed E-state index contributed by atoms with van der Waals surface area (Å²) in [5.41, 5.74) is -0.464. The molecular weight excluding hydrogens is 482 g/mol. The molecular formula is C19H12Cl4O5S. The number of rotatable bonds is 4. The zero-order valence-corrected chi connectivity index (χ0v) is 18.1. The zero-order chi connectivity index (χ0) is 21.6. The number of aromatic hydroxyl groups is 2. The fraction of sp³-hybridized carbons (Fsp3) is 0.0526. The van der Waals surface area contributed by atoms with Crippen LogP contribution in [0.15, 0.2) is 54.6 Å². The minimum atomic E-state index is -5.08. The van der Waals surface area contributed by atoms with Crippen molar-refractivity contribution in [3.05, 3.63) is 91.4 Å². The Labute approximate surface area is 186 Å². The van der Waals surface area contributed by atoms with Crippen molar-refractivity contribution in [3.8, 4) is 11.5 Å². The van der Waals surface area contributed by atoms with Gasteiger partial charge in [0.25, 0.3) is 10.1 Å². The number of phenolic OH excluding ortho intramolecular Hbond substituents is 2. The maximum atomic E-state index is 13.0. The van der Waals surface area contributed by atoms with Crippen LogP contribution in [0, 0.1) is 0 Å². The van der Waals surface area contributed by atoms with Gasteiger partial charge in [-0.3, -0.25) is 4.55 Å². The summed E-state index contributed by atoms with van der Waals surface area (Å²) in [5.74, 6) is -1.24. The molecule has 152 valence electrons. The third-order valence-electron chi connectivity index (χ3n) is 4.42. The van der Waals surface area contributed by atoms with Crippen LogP contribution < -0.4 is 0 Å². The molecule has 0 aliphatic heterocycles. The third-order valence-corrected chi connectivity index (χ3v) is 7.06. The number of phenols is 2. The molecule has 0 amide bonds. The van der Waals surface area contributed by atoms with Crippen LogP contribution in [0.25, 0.3) is 0 Å². The molecule has 0 radical (unpaired) electrons. The number of hydrogen-bond acceptors (Lipinski definition) is 4. The van der Waals surface area contributed by atoms with Gasteiger partial charge in [-0.1, -0.05) is 58.5 Å². The van der Waals surface area contributed by atoms with E-state index < -0.39 is 31.4 Å². The first kappa shape index (κ1) is 22.0. The Morgan fingerprint density at radius 2 is 1.34 bits per heavy atom. The number of halogens is 4. The van der Waals surface area contributed by atoms with Crippen molar-refractivity contribution in [2.45, 2.75) is 4.75 Å². The maximum absolute atomic E-state index is 13.0. The molecule has 1 unspecified atom stereocenters. The standard InChI is InChI=1S/C19H12Cl4O5S/c20-11-3-1-10(2-4-11)19(29(26,27)28,14-9-12(21)5-7-15(14)22)13-6-8-16(24)17(23)18(13)25/h1-9,24-25H,(H,26,27,28). The minimum absolute atomic E-state index is 0.00521. The quantitative estimate of drug-likeness (QED) is 0.311. The summed E-state index contributed by atoms with van der Waals surface area (Å²) in [6.07, 6.45) is 0. The Morgan fingerprint density at radius 1 is 0.759 bits per heavy atom. The largest absolute Gasteiger partial charge is 0.506 e. The number of benzene rings is 3. The lowest BCUT2D eigenvalue weighted by Crippen LogP contribution is -2.38. The molecule has 0 saturated heterocycles. The maximum Gasteiger partial charge on any atom is 0.283 e. The molecule has 29 heavy (non-hydrogen) atoms. The van der Waals surface area contributed by atoms with Gasteiger partial charge < -0.3 is 10.2 Å². The molecule has 3 rings (SSSR count). The topological polar surface area (TPSA) is 94.8 Å². The Bertz CT molecular complexity index is 1200. The van der Waals surface area contributed by atoms with Crippen LogP contribution in [-0.2, 0) is 14.9 Å². The highest BCUT2D eigenvalue weighted by Gasteiger charge is 2.51. The first-order chi connectivity index (χ1) is 13.5. The van der Waals surface area contributed by atoms with Crippen LogP contribution in [0.4, 0.5) is 0 Å². The van der Waals surface area contributed by atoms with Gasteiger partial charge in [0.2, 0.25) is 0 Å². The molecule has 5 nitrogen and oxygen atoms in total. The van der Waals surface area contributed by atoms with Crippen molar-refractivity contribution >= 4 is 56.5 Å². The van der Waals surface area contributed by atoms with E-state index in [-0.39, 0.29) is 26.7 Å². The van der Waals surface area contributed by atoms with Crippen molar-refractivity contribution in [1.29, 1.82) is 0 Å². The van der Waals surface area contributed by atoms with Crippen molar-refractivity contribution in [2.75, 3.05) is 0 Å². The molecule has 3 N–H and O–H groups in total. The molecule has 3 aromatic rings. The number of hydrogen-bond donors (Lipinski definition) is 3. The van der Waals surface area contributed by atoms with Crippen LogP contribution in [0.5, 0.6) is 11.5 Å². The Kier molecular flexibility index (Phi) is 5.98. The highest BCUT2D eigenvalue weighted by molar-refractivity contribution is 7.87. The van der Waals surface area contributed by atoms with Crippen LogP contribution in [0.3, 0.4) is 0 Å². The summed E-state index contributed by atoms with van der Waals surface area (Å²) in [4.78, 5) is 0. The molecule has 0 heterocycles. The second kappa shape index (κ2) is 7.87. The molecule has 0 fully saturated rings. The Balaban J connectivity index is 2.61. The second-order valence-electron chi connectivity index (χ2n) is 6.08. The molecule has 0 aromatic heterocycles. The molecule has 0 aliphatic rings. The van der Waals surface area contributed by atoms with Gasteiger partial charge in [-0.15, -0.1) is 0 Å². The summed E-state index contributed by atoms with van der Waals surface area (Å²) >= 11 is 24.3. The highest BCUT2D eigenvalue weighted by Crippen LogP contribution is 2.52. The second-order valence-corrected chi connectivity index (χ2v) is 9.30. The molecule has 0 aliphatic carbocycles. The Hall–Kier alpha value is -1.67. The monoisotopic (exact) mass is 492 g/mol. The lowest BCUT2D eigenvalue weighted by molar-refractivity contribution is 0.431. The average Bonchev–Trinajstić information content (AvgIpc) is 2.65. The summed E-state index contributed by atoms with van der Waals surface area (Å²) in [6, 6.07) is 11.8. The fourth-order valence-corrected chi connectivity index (χ4v) is 5.27. The van der Waals surface area contributed by atoms with Gasteiger partial charge in [0.1, 0.15) is 16.5 Å². The molecule has 1 atom stereocenters. The van der Waals surface area contributed by atoms with E-state index in [2.05, 4.69) is 0 Å². The van der Waals surface area contributed by atoms with Gasteiger partial charge in [0.15, 0.2) is 4.75 Å². The van der Waals surface area contributed by atoms with Gasteiger partial charge in [-0.2, -0.15) is 8.42 Å². The predicted molar refractivity (Wildman–Crippen MR) is 114 cm³/mol. The average molecular weight is 494 g/mol. The lowest BCUT2D eigenvalue weighted by atomic mass is 9.83. The molecule has 0 spiro atoms. The summed E-state index contributed by atoms with van der Waals surface area (Å²) in [6.45, 7) is 0. The zero-order valence-electron chi connectivity index (χ0n) is 14.3. The van der Waals surface area contributed by atoms with Gasteiger partial charge in [-0.25, -0.2) is 0 Å². The van der Waals surface area contributed by atoms with Crippen LogP contribution in [0.2, 0.25) is 20.1 Å². The van der Waals surface area contributed by atoms with Gasteiger partial charge in [0, 0.05) is 26.2 Å². The lowest BCUT2D eigenvalue weighted by Gasteiger charge is -2.34. The highest BCUT2D eigenvalue weighted by atomic mass is 35.5. The van der Waals surface area contributed by atoms with E-state index in [1.807, 2.05) is 0 Å². The molecule has 10 heteroatoms. The van der Waals surface area contributed by atoms with Crippen molar-refractivity contribution in [2.24, 2.45) is 0 Å². The van der Waals surface area contributed by atoms with Crippen molar-refractivity contribution in [3.63, 3.8) is 0 Å². The summed E-state index contributed by atoms with van der Waals surface area (Å²) in [5, 5.41) is 20.3. The van der Waals surface area contributed by atoms with E-state index in [9.17, 15) is 23.2 Å². The molecule has 0 saturated carbocycles. The van der Waals surface area contributed by atoms with E-state index in [1.54, 1.807) is 0 Å². The smallest absolute Gasteiger partial charge is 0.283 e. The van der Waals surface area contributed by atoms with Crippen LogP contribution in [0.1, 0.15) is 16.7 Å². The summed E-state index contributed by atoms with van der Waals surface area (Å²) in [7, 11) is -5.08. The first-order valence-corrected chi connectivity index (χ1v) is 10.8. The van der Waals surface area contributed by atoms with E-state index in [4.69, 9.17) is 46.4 Å². The van der Waals surface area contributed by atoms with Crippen LogP contribution >= 0.6 is 46.4 Å². The third kappa shape index (κ3) is 3.65. The molecule has 0 bridgehead atoms. The van der Waals surface area contributed by atoms with Gasteiger partial charge in [0.05, 0.1) is 0 Å². The van der Waals surface area contributed by atoms with Crippen LogP contribution in [-0.4, -0.2) is 23.2 Å². The van der Waals surface area contributed by atoms with E-state index in [1.165, 1.54) is 42.5 Å². The van der Waals surface area contributed by atoms with E-state index in [0.717, 1.165) is 12.1 Å². The predicted octanol–water partition coefficient (Wildman–Crippen LogP) is 5.89. The van der Waals surface area contributed by atoms with Gasteiger partial charge >= 0.3 is 0 Å².